The number of nitrogens with zero attached hydrogens (tertiary/aromatic N) is 4. The molecule has 2 amide bonds. The van der Waals surface area contributed by atoms with Crippen molar-refractivity contribution in [1.29, 1.82) is 0 Å². The highest BCUT2D eigenvalue weighted by Gasteiger charge is 2.37. The van der Waals surface area contributed by atoms with Gasteiger partial charge in [-0.05, 0) is 35.2 Å². The molecule has 1 fully saturated rings. The molecule has 0 unspecified atom stereocenters. The van der Waals surface area contributed by atoms with Gasteiger partial charge in [0.15, 0.2) is 5.84 Å². The van der Waals surface area contributed by atoms with E-state index >= 15 is 0 Å². The van der Waals surface area contributed by atoms with Gasteiger partial charge in [0.25, 0.3) is 11.5 Å². The minimum absolute atomic E-state index is 0.0282. The maximum atomic E-state index is 13.3. The Morgan fingerprint density at radius 3 is 2.54 bits per heavy atom. The number of hydrogen-bond acceptors (Lipinski definition) is 6. The van der Waals surface area contributed by atoms with Gasteiger partial charge in [-0.1, -0.05) is 42.7 Å². The van der Waals surface area contributed by atoms with Gasteiger partial charge in [0.05, 0.1) is 0 Å². The highest BCUT2D eigenvalue weighted by atomic mass is 35.5. The molecule has 1 aromatic carbocycles. The third kappa shape index (κ3) is 5.12. The van der Waals surface area contributed by atoms with Crippen LogP contribution < -0.4 is 16.6 Å². The van der Waals surface area contributed by atoms with Crippen LogP contribution in [0.4, 0.5) is 0 Å². The lowest BCUT2D eigenvalue weighted by molar-refractivity contribution is -0.142. The van der Waals surface area contributed by atoms with Crippen LogP contribution in [0.2, 0.25) is 5.02 Å². The number of aromatic nitrogens is 2. The first-order valence-electron chi connectivity index (χ1n) is 10.9. The number of nitrogens with two attached hydrogens (primary N) is 1. The van der Waals surface area contributed by atoms with Crippen molar-refractivity contribution in [2.24, 2.45) is 16.3 Å². The molecular weight excluding hydrogens is 472 g/mol. The van der Waals surface area contributed by atoms with Crippen molar-refractivity contribution in [2.75, 3.05) is 13.1 Å². The lowest BCUT2D eigenvalue weighted by Crippen LogP contribution is -2.56. The summed E-state index contributed by atoms with van der Waals surface area (Å²) < 4.78 is 1.19. The van der Waals surface area contributed by atoms with Gasteiger partial charge in [0.2, 0.25) is 5.91 Å². The number of amides is 2. The van der Waals surface area contributed by atoms with E-state index in [1.54, 1.807) is 35.2 Å². The van der Waals surface area contributed by atoms with Gasteiger partial charge in [-0.3, -0.25) is 19.0 Å². The predicted molar refractivity (Wildman–Crippen MR) is 131 cm³/mol. The van der Waals surface area contributed by atoms with Gasteiger partial charge in [-0.15, -0.1) is 0 Å². The Balaban J connectivity index is 1.70. The molecule has 4 N–H and O–H groups in total. The number of likely N-dealkylation sites (tertiary alicyclic amines) is 1. The second-order valence-corrected chi connectivity index (χ2v) is 9.73. The van der Waals surface area contributed by atoms with Crippen LogP contribution in [0.5, 0.6) is 0 Å². The van der Waals surface area contributed by atoms with Crippen LogP contribution in [0.15, 0.2) is 52.5 Å². The molecule has 35 heavy (non-hydrogen) atoms. The third-order valence-electron chi connectivity index (χ3n) is 5.82. The number of benzene rings is 1. The summed E-state index contributed by atoms with van der Waals surface area (Å²) in [4.78, 5) is 45.1. The Labute approximate surface area is 206 Å². The number of carbonyl (C=O) groups is 2. The average Bonchev–Trinajstić information content (AvgIpc) is 2.82. The smallest absolute Gasteiger partial charge is 0.265 e. The number of carbonyl (C=O) groups excluding carboxylic acids is 2. The monoisotopic (exact) mass is 496 g/mol. The molecule has 4 rings (SSSR count). The van der Waals surface area contributed by atoms with Gasteiger partial charge in [-0.25, -0.2) is 4.98 Å². The minimum Gasteiger partial charge on any atom is -0.409 e. The molecule has 0 bridgehead atoms. The highest BCUT2D eigenvalue weighted by molar-refractivity contribution is 6.30. The van der Waals surface area contributed by atoms with Crippen molar-refractivity contribution in [1.82, 2.24) is 19.8 Å². The summed E-state index contributed by atoms with van der Waals surface area (Å²) >= 11 is 5.90. The zero-order valence-electron chi connectivity index (χ0n) is 19.3. The van der Waals surface area contributed by atoms with E-state index in [1.165, 1.54) is 16.8 Å². The number of halogens is 1. The second kappa shape index (κ2) is 9.38. The molecule has 0 radical (unpaired) electrons. The first-order chi connectivity index (χ1) is 16.6. The molecule has 11 heteroatoms. The molecule has 1 aliphatic heterocycles. The van der Waals surface area contributed by atoms with E-state index in [2.05, 4.69) is 29.3 Å². The molecule has 182 valence electrons. The summed E-state index contributed by atoms with van der Waals surface area (Å²) in [5.41, 5.74) is 6.24. The van der Waals surface area contributed by atoms with Crippen molar-refractivity contribution in [3.8, 4) is 0 Å². The molecular formula is C24H25ClN6O4. The maximum absolute atomic E-state index is 13.3. The van der Waals surface area contributed by atoms with Crippen molar-refractivity contribution in [3.05, 3.63) is 74.7 Å². The molecule has 0 atom stereocenters. The summed E-state index contributed by atoms with van der Waals surface area (Å²) in [6, 6.07) is 9.87. The Morgan fingerprint density at radius 1 is 1.23 bits per heavy atom. The second-order valence-electron chi connectivity index (χ2n) is 9.29. The molecule has 10 nitrogen and oxygen atoms in total. The minimum atomic E-state index is -0.636. The van der Waals surface area contributed by atoms with Crippen LogP contribution in [-0.4, -0.2) is 50.4 Å². The van der Waals surface area contributed by atoms with Crippen LogP contribution in [0.25, 0.3) is 11.0 Å². The lowest BCUT2D eigenvalue weighted by Gasteiger charge is -2.45. The van der Waals surface area contributed by atoms with Crippen molar-refractivity contribution in [2.45, 2.75) is 26.9 Å². The SMILES string of the molecule is CC1(C)CN(C(=O)Cn2c(=O)c(C(=O)NCc3ccc(Cl)cc3)cc3cc(/C(N)=N\O)cnc32)C1. The Kier molecular flexibility index (Phi) is 6.49. The van der Waals surface area contributed by atoms with Gasteiger partial charge in [0, 0.05) is 41.8 Å². The topological polar surface area (TPSA) is 143 Å². The van der Waals surface area contributed by atoms with E-state index in [4.69, 9.17) is 22.5 Å². The molecule has 3 aromatic rings. The molecule has 0 spiro atoms. The number of pyridine rings is 2. The summed E-state index contributed by atoms with van der Waals surface area (Å²) in [5.74, 6) is -1.02. The summed E-state index contributed by atoms with van der Waals surface area (Å²) in [6.07, 6.45) is 1.34. The molecule has 1 aliphatic rings. The van der Waals surface area contributed by atoms with Crippen LogP contribution in [-0.2, 0) is 17.9 Å². The van der Waals surface area contributed by atoms with Crippen LogP contribution in [0.1, 0.15) is 35.3 Å². The van der Waals surface area contributed by atoms with Crippen molar-refractivity contribution < 1.29 is 14.8 Å². The van der Waals surface area contributed by atoms with Crippen LogP contribution in [0.3, 0.4) is 0 Å². The number of rotatable bonds is 6. The summed E-state index contributed by atoms with van der Waals surface area (Å²) in [5, 5.41) is 15.7. The number of amidine groups is 1. The van der Waals surface area contributed by atoms with E-state index in [1.807, 2.05) is 0 Å². The Hall–Kier alpha value is -3.92. The molecule has 0 aliphatic carbocycles. The fourth-order valence-electron chi connectivity index (χ4n) is 4.05. The zero-order chi connectivity index (χ0) is 25.3. The Bertz CT molecular complexity index is 1390. The van der Waals surface area contributed by atoms with Gasteiger partial charge in [-0.2, -0.15) is 0 Å². The third-order valence-corrected chi connectivity index (χ3v) is 6.08. The standard InChI is InChI=1S/C24H25ClN6O4/c1-24(2)12-30(13-24)19(32)11-31-21-15(7-16(10-27-21)20(26)29-35)8-18(23(31)34)22(33)28-9-14-3-5-17(25)6-4-14/h3-8,10,35H,9,11-13H2,1-2H3,(H2,26,29)(H,28,33). The molecule has 0 saturated carbocycles. The fourth-order valence-corrected chi connectivity index (χ4v) is 4.18. The van der Waals surface area contributed by atoms with Crippen LogP contribution in [0, 0.1) is 5.41 Å². The van der Waals surface area contributed by atoms with E-state index in [9.17, 15) is 14.4 Å². The van der Waals surface area contributed by atoms with Gasteiger partial charge < -0.3 is 21.2 Å². The quantitative estimate of drug-likeness (QED) is 0.206. The number of hydrogen-bond donors (Lipinski definition) is 3. The van der Waals surface area contributed by atoms with E-state index in [0.717, 1.165) is 5.56 Å². The summed E-state index contributed by atoms with van der Waals surface area (Å²) in [7, 11) is 0. The number of oxime groups is 1. The van der Waals surface area contributed by atoms with Gasteiger partial charge in [0.1, 0.15) is 17.8 Å². The van der Waals surface area contributed by atoms with E-state index in [-0.39, 0.29) is 41.5 Å². The van der Waals surface area contributed by atoms with Crippen LogP contribution >= 0.6 is 11.6 Å². The van der Waals surface area contributed by atoms with Crippen molar-refractivity contribution in [3.63, 3.8) is 0 Å². The summed E-state index contributed by atoms with van der Waals surface area (Å²) in [6.45, 7) is 5.19. The maximum Gasteiger partial charge on any atom is 0.265 e. The first kappa shape index (κ1) is 24.2. The zero-order valence-corrected chi connectivity index (χ0v) is 20.0. The molecule has 1 saturated heterocycles. The average molecular weight is 497 g/mol. The normalized spacial score (nSPS) is 15.1. The predicted octanol–water partition coefficient (Wildman–Crippen LogP) is 1.94. The Morgan fingerprint density at radius 2 is 1.91 bits per heavy atom. The van der Waals surface area contributed by atoms with Gasteiger partial charge >= 0.3 is 0 Å². The van der Waals surface area contributed by atoms with E-state index in [0.29, 0.717) is 29.1 Å². The van der Waals surface area contributed by atoms with E-state index < -0.39 is 11.5 Å². The number of nitrogens with one attached hydrogen (secondary N) is 1. The molecule has 3 heterocycles. The highest BCUT2D eigenvalue weighted by Crippen LogP contribution is 2.28. The van der Waals surface area contributed by atoms with Crippen molar-refractivity contribution >= 4 is 40.3 Å². The fraction of sp³-hybridized carbons (Fsp3) is 0.292. The lowest BCUT2D eigenvalue weighted by atomic mass is 9.84. The number of fused-ring (bicyclic) bond motifs is 1. The first-order valence-corrected chi connectivity index (χ1v) is 11.3. The molecule has 2 aromatic heterocycles. The largest absolute Gasteiger partial charge is 0.409 e.